The van der Waals surface area contributed by atoms with Crippen LogP contribution in [0.25, 0.3) is 0 Å². The fourth-order valence-corrected chi connectivity index (χ4v) is 2.16. The summed E-state index contributed by atoms with van der Waals surface area (Å²) in [5.74, 6) is 0.229. The second kappa shape index (κ2) is 4.47. The third-order valence-electron chi connectivity index (χ3n) is 3.19. The molecular weight excluding hydrogens is 202 g/mol. The standard InChI is InChI=1S/C13H15NO2/c1-10-7-8-14(12(10)9-15)13(16)11-5-3-2-4-6-11/h2-6,9-10,12H,7-8H2,1H3/t10-,12-/m0/s1. The van der Waals surface area contributed by atoms with E-state index in [9.17, 15) is 9.59 Å². The first-order chi connectivity index (χ1) is 7.74. The molecule has 2 atom stereocenters. The minimum atomic E-state index is -0.257. The van der Waals surface area contributed by atoms with Crippen molar-refractivity contribution in [2.24, 2.45) is 5.92 Å². The number of likely N-dealkylation sites (tertiary alicyclic amines) is 1. The molecule has 1 saturated heterocycles. The van der Waals surface area contributed by atoms with E-state index in [1.54, 1.807) is 17.0 Å². The van der Waals surface area contributed by atoms with Gasteiger partial charge in [-0.3, -0.25) is 4.79 Å². The molecule has 1 fully saturated rings. The van der Waals surface area contributed by atoms with E-state index in [-0.39, 0.29) is 17.9 Å². The molecule has 1 heterocycles. The van der Waals surface area contributed by atoms with Gasteiger partial charge in [0.15, 0.2) is 0 Å². The molecule has 0 bridgehead atoms. The van der Waals surface area contributed by atoms with Gasteiger partial charge in [-0.25, -0.2) is 0 Å². The Morgan fingerprint density at radius 2 is 2.06 bits per heavy atom. The molecule has 1 aliphatic heterocycles. The van der Waals surface area contributed by atoms with Gasteiger partial charge < -0.3 is 9.69 Å². The van der Waals surface area contributed by atoms with Gasteiger partial charge in [0.1, 0.15) is 6.29 Å². The lowest BCUT2D eigenvalue weighted by atomic mass is 10.0. The van der Waals surface area contributed by atoms with Crippen molar-refractivity contribution in [1.82, 2.24) is 4.90 Å². The number of aldehydes is 1. The van der Waals surface area contributed by atoms with Crippen LogP contribution in [0.5, 0.6) is 0 Å². The average Bonchev–Trinajstić information content (AvgIpc) is 2.70. The lowest BCUT2D eigenvalue weighted by molar-refractivity contribution is -0.111. The van der Waals surface area contributed by atoms with Crippen molar-refractivity contribution >= 4 is 12.2 Å². The third-order valence-corrected chi connectivity index (χ3v) is 3.19. The van der Waals surface area contributed by atoms with Crippen LogP contribution in [0.3, 0.4) is 0 Å². The van der Waals surface area contributed by atoms with Gasteiger partial charge in [-0.05, 0) is 24.5 Å². The van der Waals surface area contributed by atoms with Gasteiger partial charge in [-0.1, -0.05) is 25.1 Å². The quantitative estimate of drug-likeness (QED) is 0.707. The Hall–Kier alpha value is -1.64. The molecule has 0 spiro atoms. The molecule has 16 heavy (non-hydrogen) atoms. The zero-order valence-corrected chi connectivity index (χ0v) is 9.30. The van der Waals surface area contributed by atoms with Crippen molar-refractivity contribution in [2.75, 3.05) is 6.54 Å². The summed E-state index contributed by atoms with van der Waals surface area (Å²) < 4.78 is 0. The smallest absolute Gasteiger partial charge is 0.254 e. The zero-order valence-electron chi connectivity index (χ0n) is 9.30. The minimum Gasteiger partial charge on any atom is -0.329 e. The van der Waals surface area contributed by atoms with Gasteiger partial charge in [0.2, 0.25) is 0 Å². The van der Waals surface area contributed by atoms with E-state index in [4.69, 9.17) is 0 Å². The number of nitrogens with zero attached hydrogens (tertiary/aromatic N) is 1. The Kier molecular flexibility index (Phi) is 3.04. The number of rotatable bonds is 2. The summed E-state index contributed by atoms with van der Waals surface area (Å²) in [6.45, 7) is 2.69. The molecule has 1 amide bonds. The first-order valence-corrected chi connectivity index (χ1v) is 5.55. The molecule has 0 radical (unpaired) electrons. The van der Waals surface area contributed by atoms with Gasteiger partial charge >= 0.3 is 0 Å². The lowest BCUT2D eigenvalue weighted by Crippen LogP contribution is -2.38. The third kappa shape index (κ3) is 1.85. The molecule has 3 nitrogen and oxygen atoms in total. The van der Waals surface area contributed by atoms with Crippen LogP contribution in [0.1, 0.15) is 23.7 Å². The molecule has 0 N–H and O–H groups in total. The topological polar surface area (TPSA) is 37.4 Å². The van der Waals surface area contributed by atoms with E-state index in [2.05, 4.69) is 0 Å². The molecule has 2 rings (SSSR count). The fraction of sp³-hybridized carbons (Fsp3) is 0.385. The predicted octanol–water partition coefficient (Wildman–Crippen LogP) is 1.74. The van der Waals surface area contributed by atoms with Crippen molar-refractivity contribution in [2.45, 2.75) is 19.4 Å². The normalized spacial score (nSPS) is 24.4. The van der Waals surface area contributed by atoms with Crippen LogP contribution in [-0.4, -0.2) is 29.7 Å². The SMILES string of the molecule is C[C@H]1CCN(C(=O)c2ccccc2)[C@H]1C=O. The highest BCUT2D eigenvalue weighted by atomic mass is 16.2. The van der Waals surface area contributed by atoms with Crippen LogP contribution in [0.2, 0.25) is 0 Å². The van der Waals surface area contributed by atoms with Crippen molar-refractivity contribution in [1.29, 1.82) is 0 Å². The van der Waals surface area contributed by atoms with Gasteiger partial charge in [0.25, 0.3) is 5.91 Å². The van der Waals surface area contributed by atoms with E-state index in [0.29, 0.717) is 12.1 Å². The minimum absolute atomic E-state index is 0.0398. The Balaban J connectivity index is 2.20. The van der Waals surface area contributed by atoms with Crippen LogP contribution >= 0.6 is 0 Å². The molecule has 1 aromatic carbocycles. The van der Waals surface area contributed by atoms with Crippen molar-refractivity contribution in [3.63, 3.8) is 0 Å². The van der Waals surface area contributed by atoms with Gasteiger partial charge in [-0.2, -0.15) is 0 Å². The van der Waals surface area contributed by atoms with E-state index in [1.807, 2.05) is 25.1 Å². The summed E-state index contributed by atoms with van der Waals surface area (Å²) in [5, 5.41) is 0. The molecule has 84 valence electrons. The largest absolute Gasteiger partial charge is 0.329 e. The maximum absolute atomic E-state index is 12.1. The maximum atomic E-state index is 12.1. The van der Waals surface area contributed by atoms with Crippen LogP contribution in [0, 0.1) is 5.92 Å². The van der Waals surface area contributed by atoms with Gasteiger partial charge in [-0.15, -0.1) is 0 Å². The Labute approximate surface area is 95.1 Å². The second-order valence-corrected chi connectivity index (χ2v) is 4.26. The van der Waals surface area contributed by atoms with Gasteiger partial charge in [0.05, 0.1) is 6.04 Å². The summed E-state index contributed by atoms with van der Waals surface area (Å²) in [6, 6.07) is 8.86. The van der Waals surface area contributed by atoms with Gasteiger partial charge in [0, 0.05) is 12.1 Å². The van der Waals surface area contributed by atoms with E-state index >= 15 is 0 Å². The number of hydrogen-bond acceptors (Lipinski definition) is 2. The molecule has 1 aliphatic rings. The summed E-state index contributed by atoms with van der Waals surface area (Å²) in [7, 11) is 0. The number of hydrogen-bond donors (Lipinski definition) is 0. The number of carbonyl (C=O) groups is 2. The molecule has 0 aromatic heterocycles. The number of amides is 1. The van der Waals surface area contributed by atoms with E-state index < -0.39 is 0 Å². The summed E-state index contributed by atoms with van der Waals surface area (Å²) in [4.78, 5) is 24.8. The zero-order chi connectivity index (χ0) is 11.5. The highest BCUT2D eigenvalue weighted by Gasteiger charge is 2.34. The first kappa shape index (κ1) is 10.9. The Morgan fingerprint density at radius 1 is 1.38 bits per heavy atom. The maximum Gasteiger partial charge on any atom is 0.254 e. The molecule has 1 aromatic rings. The summed E-state index contributed by atoms with van der Waals surface area (Å²) in [5.41, 5.74) is 0.656. The van der Waals surface area contributed by atoms with Crippen LogP contribution in [0.15, 0.2) is 30.3 Å². The van der Waals surface area contributed by atoms with Crippen molar-refractivity contribution < 1.29 is 9.59 Å². The average molecular weight is 217 g/mol. The highest BCUT2D eigenvalue weighted by Crippen LogP contribution is 2.24. The predicted molar refractivity (Wildman–Crippen MR) is 61.1 cm³/mol. The fourth-order valence-electron chi connectivity index (χ4n) is 2.16. The number of benzene rings is 1. The first-order valence-electron chi connectivity index (χ1n) is 5.55. The molecular formula is C13H15NO2. The molecule has 0 aliphatic carbocycles. The molecule has 3 heteroatoms. The van der Waals surface area contributed by atoms with Crippen LogP contribution in [0.4, 0.5) is 0 Å². The highest BCUT2D eigenvalue weighted by molar-refractivity contribution is 5.96. The monoisotopic (exact) mass is 217 g/mol. The second-order valence-electron chi connectivity index (χ2n) is 4.26. The van der Waals surface area contributed by atoms with Crippen LogP contribution < -0.4 is 0 Å². The molecule has 0 saturated carbocycles. The van der Waals surface area contributed by atoms with E-state index in [1.165, 1.54) is 0 Å². The summed E-state index contributed by atoms with van der Waals surface area (Å²) in [6.07, 6.45) is 1.79. The van der Waals surface area contributed by atoms with Crippen LogP contribution in [-0.2, 0) is 4.79 Å². The Bertz CT molecular complexity index is 388. The summed E-state index contributed by atoms with van der Waals surface area (Å²) >= 11 is 0. The lowest BCUT2D eigenvalue weighted by Gasteiger charge is -2.22. The van der Waals surface area contributed by atoms with Crippen molar-refractivity contribution in [3.05, 3.63) is 35.9 Å². The Morgan fingerprint density at radius 3 is 2.69 bits per heavy atom. The number of carbonyl (C=O) groups excluding carboxylic acids is 2. The molecule has 0 unspecified atom stereocenters. The van der Waals surface area contributed by atoms with E-state index in [0.717, 1.165) is 12.7 Å². The van der Waals surface area contributed by atoms with Crippen molar-refractivity contribution in [3.8, 4) is 0 Å².